The number of anilines is 2. The minimum atomic E-state index is -0.812. The summed E-state index contributed by atoms with van der Waals surface area (Å²) in [5.41, 5.74) is 1.50. The van der Waals surface area contributed by atoms with Crippen LogP contribution in [0.25, 0.3) is 0 Å². The molecule has 2 aromatic rings. The Kier molecular flexibility index (Phi) is 6.03. The van der Waals surface area contributed by atoms with Crippen LogP contribution in [-0.4, -0.2) is 55.2 Å². The zero-order valence-corrected chi connectivity index (χ0v) is 18.8. The Morgan fingerprint density at radius 3 is 2.91 bits per heavy atom. The van der Waals surface area contributed by atoms with Gasteiger partial charge in [0.15, 0.2) is 5.82 Å². The van der Waals surface area contributed by atoms with Crippen LogP contribution in [0.15, 0.2) is 24.4 Å². The normalized spacial score (nSPS) is 30.9. The van der Waals surface area contributed by atoms with Crippen LogP contribution in [0, 0.1) is 0 Å². The number of amides is 1. The Hall–Kier alpha value is -2.62. The molecule has 1 aliphatic carbocycles. The third-order valence-corrected chi connectivity index (χ3v) is 8.06. The molecule has 1 saturated carbocycles. The smallest absolute Gasteiger partial charge is 0.407 e. The first-order valence-corrected chi connectivity index (χ1v) is 12.8. The van der Waals surface area contributed by atoms with Crippen molar-refractivity contribution in [3.63, 3.8) is 0 Å². The standard InChI is InChI=1S/C22H29N5O4S/c28-21-25-22(6-10-32(29)11-7-22)5-1-9-30-20-13-16(4-8-23-20)24-19-14-18(26-27-19)15-2-3-17(12-15)31-21/h4,8,13-15,17H,1-3,5-7,9-12H2,(H,25,28)(H2,24,26,27). The van der Waals surface area contributed by atoms with Gasteiger partial charge in [-0.25, -0.2) is 9.78 Å². The van der Waals surface area contributed by atoms with Crippen molar-refractivity contribution in [3.05, 3.63) is 30.1 Å². The number of fused-ring (bicyclic) bond motifs is 7. The summed E-state index contributed by atoms with van der Waals surface area (Å²) in [6.07, 6.45) is 6.66. The van der Waals surface area contributed by atoms with E-state index in [1.54, 1.807) is 6.20 Å². The monoisotopic (exact) mass is 459 g/mol. The Labute approximate surface area is 189 Å². The van der Waals surface area contributed by atoms with Crippen LogP contribution < -0.4 is 15.4 Å². The van der Waals surface area contributed by atoms with Gasteiger partial charge in [0.05, 0.1) is 6.61 Å². The number of hydrogen-bond acceptors (Lipinski definition) is 7. The molecule has 9 nitrogen and oxygen atoms in total. The highest BCUT2D eigenvalue weighted by atomic mass is 32.2. The highest BCUT2D eigenvalue weighted by Gasteiger charge is 2.37. The molecular weight excluding hydrogens is 430 g/mol. The number of alkyl carbamates (subject to hydrolysis) is 1. The Morgan fingerprint density at radius 1 is 1.16 bits per heavy atom. The van der Waals surface area contributed by atoms with Crippen LogP contribution in [-0.2, 0) is 15.5 Å². The fraction of sp³-hybridized carbons (Fsp3) is 0.591. The van der Waals surface area contributed by atoms with E-state index in [0.717, 1.165) is 49.3 Å². The second-order valence-electron chi connectivity index (χ2n) is 8.96. The molecular formula is C22H29N5O4S. The Bertz CT molecular complexity index is 986. The second-order valence-corrected chi connectivity index (χ2v) is 10.7. The number of pyridine rings is 1. The summed E-state index contributed by atoms with van der Waals surface area (Å²) < 4.78 is 23.6. The van der Waals surface area contributed by atoms with Crippen LogP contribution in [0.5, 0.6) is 5.88 Å². The topological polar surface area (TPSA) is 118 Å². The van der Waals surface area contributed by atoms with Gasteiger partial charge in [-0.3, -0.25) is 9.31 Å². The molecule has 5 rings (SSSR count). The highest BCUT2D eigenvalue weighted by molar-refractivity contribution is 7.85. The predicted octanol–water partition coefficient (Wildman–Crippen LogP) is 3.36. The summed E-state index contributed by atoms with van der Waals surface area (Å²) in [6.45, 7) is 0.481. The van der Waals surface area contributed by atoms with E-state index in [1.165, 1.54) is 0 Å². The zero-order valence-electron chi connectivity index (χ0n) is 18.0. The van der Waals surface area contributed by atoms with E-state index in [1.807, 2.05) is 18.2 Å². The molecule has 2 atom stereocenters. The molecule has 10 heteroatoms. The van der Waals surface area contributed by atoms with Crippen molar-refractivity contribution in [1.29, 1.82) is 0 Å². The summed E-state index contributed by atoms with van der Waals surface area (Å²) in [7, 11) is -0.812. The summed E-state index contributed by atoms with van der Waals surface area (Å²) in [5, 5.41) is 14.0. The number of nitrogens with one attached hydrogen (secondary N) is 3. The average Bonchev–Trinajstić information content (AvgIpc) is 3.43. The van der Waals surface area contributed by atoms with Gasteiger partial charge in [0, 0.05) is 63.5 Å². The average molecular weight is 460 g/mol. The summed E-state index contributed by atoms with van der Waals surface area (Å²) in [4.78, 5) is 17.1. The number of nitrogens with zero attached hydrogens (tertiary/aromatic N) is 2. The molecule has 1 saturated heterocycles. The van der Waals surface area contributed by atoms with Crippen LogP contribution in [0.2, 0.25) is 0 Å². The number of rotatable bonds is 0. The molecule has 32 heavy (non-hydrogen) atoms. The number of carbonyl (C=O) groups is 1. The molecule has 3 N–H and O–H groups in total. The lowest BCUT2D eigenvalue weighted by molar-refractivity contribution is 0.0862. The molecule has 0 radical (unpaired) electrons. The van der Waals surface area contributed by atoms with Gasteiger partial charge in [0.1, 0.15) is 6.10 Å². The first-order chi connectivity index (χ1) is 15.6. The quantitative estimate of drug-likeness (QED) is 0.553. The number of hydrogen-bond donors (Lipinski definition) is 3. The fourth-order valence-electron chi connectivity index (χ4n) is 4.92. The van der Waals surface area contributed by atoms with Crippen molar-refractivity contribution in [2.45, 2.75) is 62.5 Å². The van der Waals surface area contributed by atoms with E-state index < -0.39 is 16.3 Å². The maximum Gasteiger partial charge on any atom is 0.407 e. The first kappa shape index (κ1) is 21.2. The minimum Gasteiger partial charge on any atom is -0.478 e. The van der Waals surface area contributed by atoms with Gasteiger partial charge in [-0.15, -0.1) is 0 Å². The van der Waals surface area contributed by atoms with Crippen molar-refractivity contribution in [1.82, 2.24) is 20.5 Å². The van der Waals surface area contributed by atoms with E-state index in [0.29, 0.717) is 36.8 Å². The van der Waals surface area contributed by atoms with Crippen LogP contribution in [0.3, 0.4) is 0 Å². The number of carbonyl (C=O) groups excluding carboxylic acids is 1. The lowest BCUT2D eigenvalue weighted by Crippen LogP contribution is -2.53. The third-order valence-electron chi connectivity index (χ3n) is 6.74. The Morgan fingerprint density at radius 2 is 2.03 bits per heavy atom. The fourth-order valence-corrected chi connectivity index (χ4v) is 6.36. The minimum absolute atomic E-state index is 0.112. The van der Waals surface area contributed by atoms with Gasteiger partial charge < -0.3 is 20.1 Å². The lowest BCUT2D eigenvalue weighted by Gasteiger charge is -2.37. The zero-order chi connectivity index (χ0) is 22.0. The first-order valence-electron chi connectivity index (χ1n) is 11.3. The van der Waals surface area contributed by atoms with Crippen LogP contribution >= 0.6 is 0 Å². The number of aromatic nitrogens is 3. The molecule has 2 aliphatic heterocycles. The van der Waals surface area contributed by atoms with Crippen molar-refractivity contribution in [3.8, 4) is 5.88 Å². The van der Waals surface area contributed by atoms with Gasteiger partial charge in [0.25, 0.3) is 0 Å². The molecule has 3 aliphatic rings. The number of H-pyrrole nitrogens is 1. The third kappa shape index (κ3) is 4.90. The van der Waals surface area contributed by atoms with Crippen LogP contribution in [0.4, 0.5) is 16.3 Å². The molecule has 1 amide bonds. The second kappa shape index (κ2) is 9.09. The van der Waals surface area contributed by atoms with Crippen molar-refractivity contribution >= 4 is 28.4 Å². The van der Waals surface area contributed by atoms with E-state index >= 15 is 0 Å². The van der Waals surface area contributed by atoms with E-state index in [9.17, 15) is 9.00 Å². The van der Waals surface area contributed by atoms with E-state index in [2.05, 4.69) is 25.8 Å². The summed E-state index contributed by atoms with van der Waals surface area (Å²) in [5.74, 6) is 2.75. The van der Waals surface area contributed by atoms with Crippen LogP contribution in [0.1, 0.15) is 56.6 Å². The van der Waals surface area contributed by atoms with Gasteiger partial charge in [-0.05, 0) is 51.0 Å². The largest absolute Gasteiger partial charge is 0.478 e. The summed E-state index contributed by atoms with van der Waals surface area (Å²) in [6, 6.07) is 5.75. The van der Waals surface area contributed by atoms with E-state index in [-0.39, 0.29) is 18.1 Å². The van der Waals surface area contributed by atoms with Gasteiger partial charge >= 0.3 is 6.09 Å². The maximum absolute atomic E-state index is 12.8. The van der Waals surface area contributed by atoms with Crippen molar-refractivity contribution in [2.24, 2.45) is 0 Å². The molecule has 6 bridgehead atoms. The van der Waals surface area contributed by atoms with Crippen molar-refractivity contribution < 1.29 is 18.5 Å². The predicted molar refractivity (Wildman–Crippen MR) is 121 cm³/mol. The SMILES string of the molecule is O=C1NC2(CCCOc3cc(ccn3)Nc3cc([nH]n3)C3CCC(C3)O1)CCS(=O)CC2. The van der Waals surface area contributed by atoms with Crippen molar-refractivity contribution in [2.75, 3.05) is 23.4 Å². The molecule has 2 fully saturated rings. The number of aromatic amines is 1. The molecule has 172 valence electrons. The molecule has 2 aromatic heterocycles. The molecule has 2 unspecified atom stereocenters. The summed E-state index contributed by atoms with van der Waals surface area (Å²) >= 11 is 0. The molecule has 1 spiro atoms. The maximum atomic E-state index is 12.8. The van der Waals surface area contributed by atoms with Gasteiger partial charge in [-0.2, -0.15) is 5.10 Å². The van der Waals surface area contributed by atoms with Gasteiger partial charge in [-0.1, -0.05) is 0 Å². The lowest BCUT2D eigenvalue weighted by atomic mass is 9.87. The van der Waals surface area contributed by atoms with E-state index in [4.69, 9.17) is 9.47 Å². The van der Waals surface area contributed by atoms with Gasteiger partial charge in [0.2, 0.25) is 5.88 Å². The Balaban J connectivity index is 1.36. The number of ether oxygens (including phenoxy) is 2. The molecule has 0 aromatic carbocycles. The highest BCUT2D eigenvalue weighted by Crippen LogP contribution is 2.36. The molecule has 4 heterocycles.